The fourth-order valence-electron chi connectivity index (χ4n) is 1.43. The fraction of sp³-hybridized carbons (Fsp3) is 0.333. The molecule has 0 aliphatic rings. The molecular weight excluding hydrogens is 234 g/mol. The van der Waals surface area contributed by atoms with Crippen LogP contribution in [0.1, 0.15) is 17.3 Å². The number of methoxy groups -OCH3 is 1. The van der Waals surface area contributed by atoms with Gasteiger partial charge in [-0.3, -0.25) is 4.79 Å². The summed E-state index contributed by atoms with van der Waals surface area (Å²) in [5.41, 5.74) is 6.89. The zero-order valence-corrected chi connectivity index (χ0v) is 10.4. The SMILES string of the molecule is CCNC(=O)CNc1ccc(N)cc1C(=O)OC. The molecule has 6 heteroatoms. The van der Waals surface area contributed by atoms with E-state index in [1.54, 1.807) is 12.1 Å². The van der Waals surface area contributed by atoms with Crippen molar-refractivity contribution in [2.45, 2.75) is 6.92 Å². The number of nitrogens with two attached hydrogens (primary N) is 1. The van der Waals surface area contributed by atoms with E-state index in [1.165, 1.54) is 13.2 Å². The Labute approximate surface area is 105 Å². The monoisotopic (exact) mass is 251 g/mol. The summed E-state index contributed by atoms with van der Waals surface area (Å²) >= 11 is 0. The Bertz CT molecular complexity index is 446. The van der Waals surface area contributed by atoms with Crippen molar-refractivity contribution in [2.75, 3.05) is 31.2 Å². The zero-order valence-electron chi connectivity index (χ0n) is 10.4. The van der Waals surface area contributed by atoms with Gasteiger partial charge in [0.2, 0.25) is 5.91 Å². The van der Waals surface area contributed by atoms with Crippen LogP contribution in [0.2, 0.25) is 0 Å². The highest BCUT2D eigenvalue weighted by molar-refractivity contribution is 5.97. The zero-order chi connectivity index (χ0) is 13.5. The highest BCUT2D eigenvalue weighted by Crippen LogP contribution is 2.19. The highest BCUT2D eigenvalue weighted by atomic mass is 16.5. The van der Waals surface area contributed by atoms with E-state index in [0.717, 1.165) is 0 Å². The topological polar surface area (TPSA) is 93.5 Å². The average molecular weight is 251 g/mol. The first kappa shape index (κ1) is 13.8. The summed E-state index contributed by atoms with van der Waals surface area (Å²) in [6.07, 6.45) is 0. The molecule has 18 heavy (non-hydrogen) atoms. The first-order chi connectivity index (χ1) is 8.58. The molecule has 0 bridgehead atoms. The second-order valence-electron chi connectivity index (χ2n) is 3.60. The summed E-state index contributed by atoms with van der Waals surface area (Å²) in [5.74, 6) is -0.647. The Morgan fingerprint density at radius 2 is 2.11 bits per heavy atom. The summed E-state index contributed by atoms with van der Waals surface area (Å²) in [6.45, 7) is 2.48. The summed E-state index contributed by atoms with van der Waals surface area (Å²) < 4.78 is 4.65. The number of esters is 1. The van der Waals surface area contributed by atoms with Gasteiger partial charge in [-0.25, -0.2) is 4.79 Å². The molecule has 0 aliphatic carbocycles. The summed E-state index contributed by atoms with van der Waals surface area (Å²) in [7, 11) is 1.29. The van der Waals surface area contributed by atoms with Gasteiger partial charge in [-0.2, -0.15) is 0 Å². The first-order valence-electron chi connectivity index (χ1n) is 5.57. The molecule has 1 aromatic carbocycles. The molecule has 4 N–H and O–H groups in total. The molecule has 98 valence electrons. The number of ether oxygens (including phenoxy) is 1. The third-order valence-corrected chi connectivity index (χ3v) is 2.26. The van der Waals surface area contributed by atoms with E-state index in [1.807, 2.05) is 6.92 Å². The standard InChI is InChI=1S/C12H17N3O3/c1-3-14-11(16)7-15-10-5-4-8(13)6-9(10)12(17)18-2/h4-6,15H,3,7,13H2,1-2H3,(H,14,16). The lowest BCUT2D eigenvalue weighted by molar-refractivity contribution is -0.119. The molecule has 1 amide bonds. The Morgan fingerprint density at radius 1 is 1.39 bits per heavy atom. The van der Waals surface area contributed by atoms with Crippen molar-refractivity contribution in [3.05, 3.63) is 23.8 Å². The lowest BCUT2D eigenvalue weighted by Gasteiger charge is -2.11. The molecule has 0 unspecified atom stereocenters. The van der Waals surface area contributed by atoms with Crippen LogP contribution in [-0.2, 0) is 9.53 Å². The van der Waals surface area contributed by atoms with Crippen LogP contribution in [0, 0.1) is 0 Å². The quantitative estimate of drug-likeness (QED) is 0.526. The van der Waals surface area contributed by atoms with E-state index < -0.39 is 5.97 Å². The minimum atomic E-state index is -0.499. The number of amides is 1. The number of hydrogen-bond acceptors (Lipinski definition) is 5. The van der Waals surface area contributed by atoms with Gasteiger partial charge in [0.15, 0.2) is 0 Å². The van der Waals surface area contributed by atoms with Crippen LogP contribution in [0.5, 0.6) is 0 Å². The molecule has 0 saturated carbocycles. The van der Waals surface area contributed by atoms with Crippen LogP contribution >= 0.6 is 0 Å². The van der Waals surface area contributed by atoms with Crippen molar-refractivity contribution in [1.82, 2.24) is 5.32 Å². The number of carbonyl (C=O) groups is 2. The highest BCUT2D eigenvalue weighted by Gasteiger charge is 2.12. The second kappa shape index (κ2) is 6.48. The van der Waals surface area contributed by atoms with Crippen LogP contribution in [0.25, 0.3) is 0 Å². The maximum atomic E-state index is 11.5. The lowest BCUT2D eigenvalue weighted by Crippen LogP contribution is -2.29. The van der Waals surface area contributed by atoms with Crippen LogP contribution in [0.4, 0.5) is 11.4 Å². The molecule has 0 saturated heterocycles. The Kier molecular flexibility index (Phi) is 4.98. The summed E-state index contributed by atoms with van der Waals surface area (Å²) in [4.78, 5) is 22.9. The van der Waals surface area contributed by atoms with Gasteiger partial charge in [-0.15, -0.1) is 0 Å². The minimum Gasteiger partial charge on any atom is -0.465 e. The maximum Gasteiger partial charge on any atom is 0.340 e. The summed E-state index contributed by atoms with van der Waals surface area (Å²) in [5, 5.41) is 5.52. The van der Waals surface area contributed by atoms with E-state index in [9.17, 15) is 9.59 Å². The number of nitrogen functional groups attached to an aromatic ring is 1. The molecular formula is C12H17N3O3. The summed E-state index contributed by atoms with van der Waals surface area (Å²) in [6, 6.07) is 4.79. The third kappa shape index (κ3) is 3.65. The molecule has 0 aliphatic heterocycles. The van der Waals surface area contributed by atoms with Gasteiger partial charge in [0.1, 0.15) is 0 Å². The van der Waals surface area contributed by atoms with Gasteiger partial charge in [-0.05, 0) is 25.1 Å². The fourth-order valence-corrected chi connectivity index (χ4v) is 1.43. The van der Waals surface area contributed by atoms with Crippen molar-refractivity contribution in [3.8, 4) is 0 Å². The molecule has 0 atom stereocenters. The Hall–Kier alpha value is -2.24. The Morgan fingerprint density at radius 3 is 2.72 bits per heavy atom. The average Bonchev–Trinajstić information content (AvgIpc) is 2.36. The predicted molar refractivity (Wildman–Crippen MR) is 69.4 cm³/mol. The van der Waals surface area contributed by atoms with E-state index >= 15 is 0 Å². The van der Waals surface area contributed by atoms with E-state index in [0.29, 0.717) is 23.5 Å². The lowest BCUT2D eigenvalue weighted by atomic mass is 10.1. The molecule has 0 spiro atoms. The number of rotatable bonds is 5. The van der Waals surface area contributed by atoms with Crippen LogP contribution < -0.4 is 16.4 Å². The predicted octanol–water partition coefficient (Wildman–Crippen LogP) is 0.603. The number of anilines is 2. The van der Waals surface area contributed by atoms with Crippen molar-refractivity contribution in [1.29, 1.82) is 0 Å². The van der Waals surface area contributed by atoms with Crippen molar-refractivity contribution >= 4 is 23.3 Å². The van der Waals surface area contributed by atoms with E-state index in [-0.39, 0.29) is 12.5 Å². The van der Waals surface area contributed by atoms with Crippen LogP contribution in [-0.4, -0.2) is 32.1 Å². The largest absolute Gasteiger partial charge is 0.465 e. The molecule has 0 fully saturated rings. The number of carbonyl (C=O) groups excluding carboxylic acids is 2. The number of nitrogens with one attached hydrogen (secondary N) is 2. The molecule has 6 nitrogen and oxygen atoms in total. The third-order valence-electron chi connectivity index (χ3n) is 2.26. The minimum absolute atomic E-state index is 0.0851. The molecule has 0 radical (unpaired) electrons. The van der Waals surface area contributed by atoms with Gasteiger partial charge in [-0.1, -0.05) is 0 Å². The van der Waals surface area contributed by atoms with Gasteiger partial charge in [0, 0.05) is 17.9 Å². The number of hydrogen-bond donors (Lipinski definition) is 3. The van der Waals surface area contributed by atoms with Crippen LogP contribution in [0.15, 0.2) is 18.2 Å². The molecule has 1 rings (SSSR count). The van der Waals surface area contributed by atoms with Gasteiger partial charge < -0.3 is 21.1 Å². The van der Waals surface area contributed by atoms with Gasteiger partial charge in [0.05, 0.1) is 19.2 Å². The smallest absolute Gasteiger partial charge is 0.340 e. The van der Waals surface area contributed by atoms with Crippen molar-refractivity contribution in [2.24, 2.45) is 0 Å². The number of likely N-dealkylation sites (N-methyl/N-ethyl adjacent to an activating group) is 1. The van der Waals surface area contributed by atoms with E-state index in [2.05, 4.69) is 15.4 Å². The van der Waals surface area contributed by atoms with Crippen molar-refractivity contribution in [3.63, 3.8) is 0 Å². The normalized spacial score (nSPS) is 9.67. The molecule has 1 aromatic rings. The van der Waals surface area contributed by atoms with E-state index in [4.69, 9.17) is 5.73 Å². The van der Waals surface area contributed by atoms with Gasteiger partial charge in [0.25, 0.3) is 0 Å². The van der Waals surface area contributed by atoms with Crippen LogP contribution in [0.3, 0.4) is 0 Å². The molecule has 0 heterocycles. The molecule has 0 aromatic heterocycles. The van der Waals surface area contributed by atoms with Crippen molar-refractivity contribution < 1.29 is 14.3 Å². The Balaban J connectivity index is 2.81. The first-order valence-corrected chi connectivity index (χ1v) is 5.57. The number of benzene rings is 1. The second-order valence-corrected chi connectivity index (χ2v) is 3.60. The van der Waals surface area contributed by atoms with Gasteiger partial charge >= 0.3 is 5.97 Å². The maximum absolute atomic E-state index is 11.5.